The van der Waals surface area contributed by atoms with E-state index in [0.29, 0.717) is 0 Å². The van der Waals surface area contributed by atoms with Crippen LogP contribution >= 0.6 is 7.92 Å². The molecule has 0 aromatic heterocycles. The lowest BCUT2D eigenvalue weighted by atomic mass is 10.0. The van der Waals surface area contributed by atoms with Gasteiger partial charge in [-0.15, -0.1) is 0 Å². The Kier molecular flexibility index (Phi) is 4.33. The summed E-state index contributed by atoms with van der Waals surface area (Å²) in [6.45, 7) is 9.63. The number of hydrogen-bond donors (Lipinski definition) is 0. The largest absolute Gasteiger partial charge is 0.0919 e. The highest BCUT2D eigenvalue weighted by Crippen LogP contribution is 2.68. The first-order chi connectivity index (χ1) is 7.61. The predicted molar refractivity (Wildman–Crippen MR) is 73.8 cm³/mol. The molecule has 2 rings (SSSR count). The van der Waals surface area contributed by atoms with Gasteiger partial charge in [-0.2, -0.15) is 0 Å². The van der Waals surface area contributed by atoms with Gasteiger partial charge in [0.25, 0.3) is 0 Å². The zero-order chi connectivity index (χ0) is 11.7. The second-order valence-electron chi connectivity index (χ2n) is 5.75. The van der Waals surface area contributed by atoms with Gasteiger partial charge in [-0.25, -0.2) is 0 Å². The molecule has 1 heterocycles. The van der Waals surface area contributed by atoms with E-state index in [1.54, 1.807) is 5.66 Å². The van der Waals surface area contributed by atoms with Gasteiger partial charge in [0, 0.05) is 5.66 Å². The highest BCUT2D eigenvalue weighted by molar-refractivity contribution is 7.63. The molecule has 1 aliphatic carbocycles. The first-order valence-corrected chi connectivity index (χ1v) is 8.09. The Morgan fingerprint density at radius 2 is 1.38 bits per heavy atom. The Morgan fingerprint density at radius 3 is 1.75 bits per heavy atom. The Hall–Kier alpha value is 0.430. The van der Waals surface area contributed by atoms with E-state index in [0.717, 1.165) is 23.2 Å². The molecular weight excluding hydrogens is 211 g/mol. The van der Waals surface area contributed by atoms with E-state index in [-0.39, 0.29) is 7.92 Å². The molecule has 1 aliphatic heterocycles. The van der Waals surface area contributed by atoms with Gasteiger partial charge in [-0.3, -0.25) is 0 Å². The molecule has 0 aromatic rings. The molecule has 2 fully saturated rings. The van der Waals surface area contributed by atoms with Crippen molar-refractivity contribution in [2.24, 2.45) is 11.8 Å². The summed E-state index contributed by atoms with van der Waals surface area (Å²) in [5.41, 5.74) is 3.58. The van der Waals surface area contributed by atoms with Gasteiger partial charge in [0.1, 0.15) is 0 Å². The molecular formula is C15H24P. The number of hydrogen-bond acceptors (Lipinski definition) is 0. The average molecular weight is 235 g/mol. The van der Waals surface area contributed by atoms with Crippen LogP contribution in [0, 0.1) is 43.2 Å². The fraction of sp³-hybridized carbons (Fsp3) is 0.667. The number of rotatable bonds is 3. The van der Waals surface area contributed by atoms with Crippen LogP contribution in [0.2, 0.25) is 0 Å². The van der Waals surface area contributed by atoms with Crippen molar-refractivity contribution in [3.63, 3.8) is 0 Å². The normalized spacial score (nSPS) is 36.8. The Bertz CT molecular complexity index is 199. The van der Waals surface area contributed by atoms with Crippen LogP contribution in [0.25, 0.3) is 0 Å². The molecule has 1 saturated carbocycles. The van der Waals surface area contributed by atoms with E-state index < -0.39 is 0 Å². The minimum atomic E-state index is 0.0910. The summed E-state index contributed by atoms with van der Waals surface area (Å²) in [6.07, 6.45) is 12.1. The van der Waals surface area contributed by atoms with Crippen molar-refractivity contribution >= 4 is 7.92 Å². The van der Waals surface area contributed by atoms with Crippen LogP contribution in [-0.2, 0) is 0 Å². The van der Waals surface area contributed by atoms with Crippen molar-refractivity contribution in [3.05, 3.63) is 31.3 Å². The molecule has 0 nitrogen and oxygen atoms in total. The van der Waals surface area contributed by atoms with E-state index in [9.17, 15) is 0 Å². The molecule has 0 spiro atoms. The lowest BCUT2D eigenvalue weighted by molar-refractivity contribution is 0.543. The zero-order valence-corrected chi connectivity index (χ0v) is 11.9. The third-order valence-electron chi connectivity index (χ3n) is 3.96. The quantitative estimate of drug-likeness (QED) is 0.623. The maximum absolute atomic E-state index is 2.41. The van der Waals surface area contributed by atoms with E-state index >= 15 is 0 Å². The summed E-state index contributed by atoms with van der Waals surface area (Å²) in [4.78, 5) is 0. The molecule has 0 amide bonds. The van der Waals surface area contributed by atoms with Crippen molar-refractivity contribution in [2.75, 3.05) is 0 Å². The Labute approximate surface area is 103 Å². The molecule has 89 valence electrons. The summed E-state index contributed by atoms with van der Waals surface area (Å²) in [7, 11) is 0.0910. The van der Waals surface area contributed by atoms with Crippen molar-refractivity contribution < 1.29 is 0 Å². The summed E-state index contributed by atoms with van der Waals surface area (Å²) < 4.78 is 0. The molecule has 0 aromatic carbocycles. The summed E-state index contributed by atoms with van der Waals surface area (Å²) in [6, 6.07) is 0. The minimum Gasteiger partial charge on any atom is -0.0919 e. The van der Waals surface area contributed by atoms with Gasteiger partial charge < -0.3 is 0 Å². The maximum Gasteiger partial charge on any atom is 0.00805 e. The van der Waals surface area contributed by atoms with Gasteiger partial charge in [0.05, 0.1) is 0 Å². The SMILES string of the molecule is CC(C)[C@H]1CC[C@@H](C(C)C)P1[C]1[CH][CH][CH][CH]1. The predicted octanol–water partition coefficient (Wildman–Crippen LogP) is 4.67. The van der Waals surface area contributed by atoms with E-state index in [4.69, 9.17) is 0 Å². The smallest absolute Gasteiger partial charge is 0.00805 e. The zero-order valence-electron chi connectivity index (χ0n) is 11.0. The third kappa shape index (κ3) is 2.47. The van der Waals surface area contributed by atoms with Crippen LogP contribution in [-0.4, -0.2) is 11.3 Å². The molecule has 5 radical (unpaired) electrons. The third-order valence-corrected chi connectivity index (χ3v) is 7.99. The minimum absolute atomic E-state index is 0.0910. The first-order valence-electron chi connectivity index (χ1n) is 6.61. The van der Waals surface area contributed by atoms with Crippen molar-refractivity contribution in [2.45, 2.75) is 51.9 Å². The van der Waals surface area contributed by atoms with E-state index in [2.05, 4.69) is 53.4 Å². The van der Waals surface area contributed by atoms with Crippen molar-refractivity contribution in [3.8, 4) is 0 Å². The van der Waals surface area contributed by atoms with Gasteiger partial charge >= 0.3 is 0 Å². The fourth-order valence-corrected chi connectivity index (χ4v) is 7.01. The molecule has 3 atom stereocenters. The monoisotopic (exact) mass is 235 g/mol. The topological polar surface area (TPSA) is 0 Å². The molecule has 1 heteroatoms. The van der Waals surface area contributed by atoms with Crippen LogP contribution in [0.3, 0.4) is 0 Å². The molecule has 2 aliphatic rings. The molecule has 1 unspecified atom stereocenters. The summed E-state index contributed by atoms with van der Waals surface area (Å²) in [5.74, 6) is 1.70. The Balaban J connectivity index is 2.11. The first kappa shape index (κ1) is 12.9. The van der Waals surface area contributed by atoms with Gasteiger partial charge in [-0.05, 0) is 61.7 Å². The lowest BCUT2D eigenvalue weighted by Crippen LogP contribution is -2.17. The fourth-order valence-electron chi connectivity index (χ4n) is 3.09. The highest BCUT2D eigenvalue weighted by Gasteiger charge is 2.43. The van der Waals surface area contributed by atoms with Crippen LogP contribution < -0.4 is 0 Å². The van der Waals surface area contributed by atoms with Gasteiger partial charge in [0.2, 0.25) is 0 Å². The molecule has 0 N–H and O–H groups in total. The highest BCUT2D eigenvalue weighted by atomic mass is 31.1. The maximum atomic E-state index is 2.41. The van der Waals surface area contributed by atoms with Crippen LogP contribution in [0.1, 0.15) is 40.5 Å². The second kappa shape index (κ2) is 5.38. The summed E-state index contributed by atoms with van der Waals surface area (Å²) in [5, 5.41) is 0. The van der Waals surface area contributed by atoms with Crippen LogP contribution in [0.15, 0.2) is 0 Å². The van der Waals surface area contributed by atoms with E-state index in [1.807, 2.05) is 0 Å². The molecule has 1 saturated heterocycles. The lowest BCUT2D eigenvalue weighted by Gasteiger charge is -2.34. The standard InChI is InChI=1S/C15H24P/c1-11(2)14-9-10-15(12(3)4)16(14)13-7-5-6-8-13/h5-8,11-12,14-15H,9-10H2,1-4H3/t14-,15+,16?. The van der Waals surface area contributed by atoms with Gasteiger partial charge in [0.15, 0.2) is 0 Å². The van der Waals surface area contributed by atoms with Crippen molar-refractivity contribution in [1.82, 2.24) is 0 Å². The second-order valence-corrected chi connectivity index (χ2v) is 8.41. The van der Waals surface area contributed by atoms with Gasteiger partial charge in [-0.1, -0.05) is 35.6 Å². The van der Waals surface area contributed by atoms with Crippen LogP contribution in [0.4, 0.5) is 0 Å². The molecule has 16 heavy (non-hydrogen) atoms. The summed E-state index contributed by atoms with van der Waals surface area (Å²) >= 11 is 0. The Morgan fingerprint density at radius 1 is 0.938 bits per heavy atom. The average Bonchev–Trinajstić information content (AvgIpc) is 2.85. The van der Waals surface area contributed by atoms with Crippen LogP contribution in [0.5, 0.6) is 0 Å². The van der Waals surface area contributed by atoms with Crippen molar-refractivity contribution in [1.29, 1.82) is 0 Å². The van der Waals surface area contributed by atoms with E-state index in [1.165, 1.54) is 12.8 Å². The molecule has 0 bridgehead atoms.